The number of halogens is 4. The van der Waals surface area contributed by atoms with Crippen LogP contribution in [0.1, 0.15) is 45.7 Å². The van der Waals surface area contributed by atoms with E-state index < -0.39 is 24.2 Å². The first kappa shape index (κ1) is 20.9. The van der Waals surface area contributed by atoms with Crippen LogP contribution in [0.5, 0.6) is 0 Å². The summed E-state index contributed by atoms with van der Waals surface area (Å²) >= 11 is 6.46. The number of carbonyl (C=O) groups is 1. The number of rotatable bonds is 2. The number of hydrogen-bond acceptors (Lipinski definition) is 3. The minimum Gasteiger partial charge on any atom is -0.362 e. The van der Waals surface area contributed by atoms with Crippen molar-refractivity contribution in [2.45, 2.75) is 37.6 Å². The van der Waals surface area contributed by atoms with E-state index in [1.165, 1.54) is 0 Å². The number of aromatic nitrogens is 2. The smallest absolute Gasteiger partial charge is 0.362 e. The third kappa shape index (κ3) is 3.62. The number of carbonyl (C=O) groups excluding carboxylic acids is 1. The summed E-state index contributed by atoms with van der Waals surface area (Å²) < 4.78 is 42.7. The van der Waals surface area contributed by atoms with E-state index in [9.17, 15) is 18.0 Å². The van der Waals surface area contributed by atoms with Crippen LogP contribution in [0, 0.1) is 0 Å². The van der Waals surface area contributed by atoms with Gasteiger partial charge in [-0.1, -0.05) is 66.2 Å². The topological polar surface area (TPSA) is 50.2 Å². The maximum absolute atomic E-state index is 13.9. The predicted octanol–water partition coefficient (Wildman–Crippen LogP) is 5.40. The standard InChI is InChI=1S/C23H20ClF3N4O/c24-19-20(22(32)30-11-10-14-6-4-5-9-16(14)13-30)29-31-18(23(25,26)27)12-17(28-21(19)31)15-7-2-1-3-8-15/h1-9,17-18,28H,10-13H2/t17-,18+/m1/s1. The fourth-order valence-corrected chi connectivity index (χ4v) is 4.71. The molecule has 0 radical (unpaired) electrons. The van der Waals surface area contributed by atoms with E-state index in [0.717, 1.165) is 15.8 Å². The normalized spacial score (nSPS) is 20.3. The zero-order chi connectivity index (χ0) is 22.5. The van der Waals surface area contributed by atoms with Gasteiger partial charge in [-0.3, -0.25) is 4.79 Å². The van der Waals surface area contributed by atoms with Crippen LogP contribution in [0.4, 0.5) is 19.0 Å². The Hall–Kier alpha value is -3.00. The van der Waals surface area contributed by atoms with Crippen molar-refractivity contribution in [3.8, 4) is 0 Å². The number of amides is 1. The SMILES string of the molecule is O=C(c1nn2c(c1Cl)N[C@@H](c1ccccc1)C[C@H]2C(F)(F)F)N1CCc2ccccc2C1. The van der Waals surface area contributed by atoms with Crippen molar-refractivity contribution in [1.29, 1.82) is 0 Å². The quantitative estimate of drug-likeness (QED) is 0.557. The van der Waals surface area contributed by atoms with Gasteiger partial charge in [0.1, 0.15) is 10.8 Å². The highest BCUT2D eigenvalue weighted by Crippen LogP contribution is 2.46. The van der Waals surface area contributed by atoms with Crippen molar-refractivity contribution < 1.29 is 18.0 Å². The largest absolute Gasteiger partial charge is 0.410 e. The Morgan fingerprint density at radius 1 is 1.06 bits per heavy atom. The number of nitrogens with zero attached hydrogens (tertiary/aromatic N) is 3. The summed E-state index contributed by atoms with van der Waals surface area (Å²) in [5, 5.41) is 7.06. The molecule has 0 spiro atoms. The van der Waals surface area contributed by atoms with E-state index >= 15 is 0 Å². The van der Waals surface area contributed by atoms with Crippen LogP contribution in [0.15, 0.2) is 54.6 Å². The van der Waals surface area contributed by atoms with Gasteiger partial charge in [0, 0.05) is 19.5 Å². The van der Waals surface area contributed by atoms with E-state index in [1.54, 1.807) is 35.2 Å². The van der Waals surface area contributed by atoms with Crippen molar-refractivity contribution in [1.82, 2.24) is 14.7 Å². The Kier molecular flexibility index (Phi) is 5.12. The molecular weight excluding hydrogens is 441 g/mol. The van der Waals surface area contributed by atoms with E-state index in [1.807, 2.05) is 24.3 Å². The summed E-state index contributed by atoms with van der Waals surface area (Å²) in [5.41, 5.74) is 2.74. The average Bonchev–Trinajstić information content (AvgIpc) is 3.14. The van der Waals surface area contributed by atoms with Gasteiger partial charge < -0.3 is 10.2 Å². The second-order valence-electron chi connectivity index (χ2n) is 8.10. The van der Waals surface area contributed by atoms with E-state index in [0.29, 0.717) is 25.1 Å². The van der Waals surface area contributed by atoms with Crippen LogP contribution < -0.4 is 5.32 Å². The molecule has 0 aliphatic carbocycles. The summed E-state index contributed by atoms with van der Waals surface area (Å²) in [6, 6.07) is 14.2. The summed E-state index contributed by atoms with van der Waals surface area (Å²) in [5.74, 6) is -0.444. The lowest BCUT2D eigenvalue weighted by molar-refractivity contribution is -0.173. The lowest BCUT2D eigenvalue weighted by Gasteiger charge is -2.33. The van der Waals surface area contributed by atoms with Crippen LogP contribution in [0.25, 0.3) is 0 Å². The molecule has 2 aliphatic rings. The summed E-state index contributed by atoms with van der Waals surface area (Å²) in [7, 11) is 0. The van der Waals surface area contributed by atoms with Gasteiger partial charge in [-0.2, -0.15) is 18.3 Å². The van der Waals surface area contributed by atoms with E-state index in [2.05, 4.69) is 10.4 Å². The first-order chi connectivity index (χ1) is 15.3. The maximum atomic E-state index is 13.9. The molecule has 1 amide bonds. The fraction of sp³-hybridized carbons (Fsp3) is 0.304. The first-order valence-electron chi connectivity index (χ1n) is 10.3. The molecule has 1 N–H and O–H groups in total. The molecule has 9 heteroatoms. The number of benzene rings is 2. The van der Waals surface area contributed by atoms with Gasteiger partial charge in [0.25, 0.3) is 5.91 Å². The molecule has 0 unspecified atom stereocenters. The van der Waals surface area contributed by atoms with Crippen molar-refractivity contribution >= 4 is 23.3 Å². The molecule has 166 valence electrons. The lowest BCUT2D eigenvalue weighted by Crippen LogP contribution is -2.37. The van der Waals surface area contributed by atoms with Crippen LogP contribution in [0.2, 0.25) is 5.02 Å². The second-order valence-corrected chi connectivity index (χ2v) is 8.48. The third-order valence-electron chi connectivity index (χ3n) is 6.12. The molecule has 3 aromatic rings. The monoisotopic (exact) mass is 460 g/mol. The molecule has 32 heavy (non-hydrogen) atoms. The Balaban J connectivity index is 1.49. The van der Waals surface area contributed by atoms with E-state index in [4.69, 9.17) is 11.6 Å². The summed E-state index contributed by atoms with van der Waals surface area (Å²) in [4.78, 5) is 14.8. The Bertz CT molecular complexity index is 1160. The van der Waals surface area contributed by atoms with Crippen LogP contribution in [0.3, 0.4) is 0 Å². The predicted molar refractivity (Wildman–Crippen MR) is 115 cm³/mol. The molecule has 0 fully saturated rings. The highest BCUT2D eigenvalue weighted by Gasteiger charge is 2.48. The number of fused-ring (bicyclic) bond motifs is 2. The molecule has 0 saturated heterocycles. The molecule has 2 atom stereocenters. The van der Waals surface area contributed by atoms with Crippen molar-refractivity contribution in [3.63, 3.8) is 0 Å². The van der Waals surface area contributed by atoms with Gasteiger partial charge >= 0.3 is 6.18 Å². The molecule has 0 bridgehead atoms. The summed E-state index contributed by atoms with van der Waals surface area (Å²) in [6.45, 7) is 0.827. The number of nitrogens with one attached hydrogen (secondary N) is 1. The van der Waals surface area contributed by atoms with Gasteiger partial charge in [0.05, 0.1) is 6.04 Å². The molecular formula is C23H20ClF3N4O. The van der Waals surface area contributed by atoms with Crippen molar-refractivity contribution in [3.05, 3.63) is 82.0 Å². The highest BCUT2D eigenvalue weighted by molar-refractivity contribution is 6.36. The van der Waals surface area contributed by atoms with Gasteiger partial charge in [-0.15, -0.1) is 0 Å². The molecule has 1 aromatic heterocycles. The van der Waals surface area contributed by atoms with Crippen LogP contribution >= 0.6 is 11.6 Å². The van der Waals surface area contributed by atoms with Crippen molar-refractivity contribution in [2.75, 3.05) is 11.9 Å². The molecule has 2 aromatic carbocycles. The van der Waals surface area contributed by atoms with Crippen molar-refractivity contribution in [2.24, 2.45) is 0 Å². The molecule has 2 aliphatic heterocycles. The van der Waals surface area contributed by atoms with Gasteiger partial charge in [-0.05, 0) is 23.1 Å². The fourth-order valence-electron chi connectivity index (χ4n) is 4.45. The number of alkyl halides is 3. The number of hydrogen-bond donors (Lipinski definition) is 1. The maximum Gasteiger partial charge on any atom is 0.410 e. The molecule has 0 saturated carbocycles. The zero-order valence-corrected chi connectivity index (χ0v) is 17.7. The average molecular weight is 461 g/mol. The lowest BCUT2D eigenvalue weighted by atomic mass is 9.97. The Morgan fingerprint density at radius 2 is 1.75 bits per heavy atom. The van der Waals surface area contributed by atoms with Gasteiger partial charge in [-0.25, -0.2) is 4.68 Å². The second kappa shape index (κ2) is 7.85. The number of anilines is 1. The Labute approximate surface area is 187 Å². The highest BCUT2D eigenvalue weighted by atomic mass is 35.5. The molecule has 5 rings (SSSR count). The minimum absolute atomic E-state index is 0.0230. The van der Waals surface area contributed by atoms with Gasteiger partial charge in [0.15, 0.2) is 11.7 Å². The Morgan fingerprint density at radius 3 is 2.47 bits per heavy atom. The first-order valence-corrected chi connectivity index (χ1v) is 10.7. The van der Waals surface area contributed by atoms with Crippen LogP contribution in [-0.4, -0.2) is 33.3 Å². The minimum atomic E-state index is -4.54. The van der Waals surface area contributed by atoms with E-state index in [-0.39, 0.29) is 23.0 Å². The van der Waals surface area contributed by atoms with Gasteiger partial charge in [0.2, 0.25) is 0 Å². The third-order valence-corrected chi connectivity index (χ3v) is 6.48. The summed E-state index contributed by atoms with van der Waals surface area (Å²) in [6.07, 6.45) is -4.11. The molecule has 5 nitrogen and oxygen atoms in total. The van der Waals surface area contributed by atoms with Crippen LogP contribution in [-0.2, 0) is 13.0 Å². The zero-order valence-electron chi connectivity index (χ0n) is 16.9. The molecule has 3 heterocycles.